The van der Waals surface area contributed by atoms with Crippen molar-refractivity contribution in [2.75, 3.05) is 39.6 Å². The number of hydrogen-bond acceptors (Lipinski definition) is 8. The zero-order valence-corrected chi connectivity index (χ0v) is 46.6. The zero-order valence-electron chi connectivity index (χ0n) is 45.8. The van der Waals surface area contributed by atoms with Crippen molar-refractivity contribution in [1.29, 1.82) is 0 Å². The molecule has 0 fully saturated rings. The summed E-state index contributed by atoms with van der Waals surface area (Å²) in [5.74, 6) is 4.94. The average molecular weight is 1010 g/mol. The van der Waals surface area contributed by atoms with Crippen LogP contribution in [-0.2, 0) is 10.9 Å². The Morgan fingerprint density at radius 1 is 0.380 bits per heavy atom. The summed E-state index contributed by atoms with van der Waals surface area (Å²) >= 11 is 0. The first-order chi connectivity index (χ1) is 34.8. The van der Waals surface area contributed by atoms with Crippen LogP contribution in [0.1, 0.15) is 234 Å². The van der Waals surface area contributed by atoms with Gasteiger partial charge in [0.05, 0.1) is 39.6 Å². The van der Waals surface area contributed by atoms with E-state index in [0.29, 0.717) is 39.6 Å². The van der Waals surface area contributed by atoms with E-state index in [4.69, 9.17) is 43.4 Å². The quantitative estimate of drug-likeness (QED) is 0.0436. The van der Waals surface area contributed by atoms with E-state index in [0.717, 1.165) is 113 Å². The summed E-state index contributed by atoms with van der Waals surface area (Å²) in [6.07, 6.45) is 33.2. The fraction of sp³-hybridized carbons (Fsp3) is 0.689. The molecule has 0 amide bonds. The minimum absolute atomic E-state index is 0.632. The highest BCUT2D eigenvalue weighted by Crippen LogP contribution is 2.51. The summed E-state index contributed by atoms with van der Waals surface area (Å²) < 4.78 is 41.5. The van der Waals surface area contributed by atoms with Gasteiger partial charge >= 0.3 is 0 Å². The van der Waals surface area contributed by atoms with E-state index in [2.05, 4.69) is 96.1 Å². The van der Waals surface area contributed by atoms with Gasteiger partial charge < -0.3 is 43.4 Å². The summed E-state index contributed by atoms with van der Waals surface area (Å²) in [4.78, 5) is 11.7. The standard InChI is InChI=1S/C60H99O6S.CH2O3/c1-7-13-19-25-34-42-61-52-48-55(63-44-36-27-21-15-9-3)59(56(49-52)64-45-37-28-22-16-10-4)67(54-40-32-31-33-41-54)60-57(65-46-38-29-23-17-11-5)50-53(62-43-35-26-20-14-8-2)51-58(60)66-47-39-30-24-18-12-6;2-1(3)4/h31-33,40-41,48-51H,7-30,34-39,42-47H2,1-6H3;(H2,2,3,4)/q+1;/p-1. The second-order valence-electron chi connectivity index (χ2n) is 19.0. The molecule has 0 saturated heterocycles. The van der Waals surface area contributed by atoms with Crippen LogP contribution in [0.4, 0.5) is 4.79 Å². The van der Waals surface area contributed by atoms with Crippen molar-refractivity contribution >= 4 is 17.1 Å². The molecule has 0 saturated carbocycles. The second kappa shape index (κ2) is 43.6. The Hall–Kier alpha value is -3.92. The highest BCUT2D eigenvalue weighted by atomic mass is 32.2. The lowest BCUT2D eigenvalue weighted by atomic mass is 10.2. The molecule has 3 rings (SSSR count). The van der Waals surface area contributed by atoms with Crippen LogP contribution in [0.15, 0.2) is 69.3 Å². The Morgan fingerprint density at radius 3 is 0.845 bits per heavy atom. The highest BCUT2D eigenvalue weighted by molar-refractivity contribution is 7.97. The van der Waals surface area contributed by atoms with Gasteiger partial charge in [0.2, 0.25) is 6.16 Å². The minimum Gasteiger partial charge on any atom is -0.565 e. The third-order valence-electron chi connectivity index (χ3n) is 12.4. The monoisotopic (exact) mass is 1010 g/mol. The molecule has 0 unspecified atom stereocenters. The molecule has 0 aliphatic heterocycles. The number of carbonyl (C=O) groups is 1. The maximum Gasteiger partial charge on any atom is 0.250 e. The lowest BCUT2D eigenvalue weighted by Gasteiger charge is -2.22. The molecule has 0 aromatic heterocycles. The van der Waals surface area contributed by atoms with Crippen LogP contribution in [0.2, 0.25) is 0 Å². The zero-order chi connectivity index (χ0) is 51.4. The molecule has 0 radical (unpaired) electrons. The van der Waals surface area contributed by atoms with Gasteiger partial charge in [-0.15, -0.1) is 0 Å². The van der Waals surface area contributed by atoms with Gasteiger partial charge in [-0.05, 0) is 50.7 Å². The molecule has 0 spiro atoms. The van der Waals surface area contributed by atoms with Crippen molar-refractivity contribution in [2.45, 2.75) is 249 Å². The largest absolute Gasteiger partial charge is 0.565 e. The normalized spacial score (nSPS) is 11.0. The third-order valence-corrected chi connectivity index (χ3v) is 14.8. The SMILES string of the molecule is CCCCCCCOc1cc(OCCCCCCC)c([S+](c2ccccc2)c2c(OCCCCCCC)cc(OCCCCCCC)cc2OCCCCCCC)c(OCCCCCCC)c1.O=C([O-])O. The fourth-order valence-corrected chi connectivity index (χ4v) is 10.7. The Kier molecular flexibility index (Phi) is 38.8. The molecule has 3 aromatic rings. The molecule has 0 atom stereocenters. The van der Waals surface area contributed by atoms with Crippen molar-refractivity contribution in [3.05, 3.63) is 54.6 Å². The van der Waals surface area contributed by atoms with Crippen molar-refractivity contribution in [1.82, 2.24) is 0 Å². The van der Waals surface area contributed by atoms with Gasteiger partial charge in [0.1, 0.15) is 22.4 Å². The predicted octanol–water partition coefficient (Wildman–Crippen LogP) is 17.8. The van der Waals surface area contributed by atoms with E-state index in [1.54, 1.807) is 0 Å². The van der Waals surface area contributed by atoms with E-state index >= 15 is 0 Å². The van der Waals surface area contributed by atoms with Gasteiger partial charge in [0, 0.05) is 24.3 Å². The minimum atomic E-state index is -2.08. The molecule has 0 bridgehead atoms. The van der Waals surface area contributed by atoms with Gasteiger partial charge in [-0.3, -0.25) is 0 Å². The molecule has 3 aromatic carbocycles. The summed E-state index contributed by atoms with van der Waals surface area (Å²) in [6, 6.07) is 19.6. The molecule has 0 aliphatic carbocycles. The predicted molar refractivity (Wildman–Crippen MR) is 295 cm³/mol. The van der Waals surface area contributed by atoms with E-state index in [1.165, 1.54) is 128 Å². The van der Waals surface area contributed by atoms with Crippen LogP contribution >= 0.6 is 0 Å². The topological polar surface area (TPSA) is 116 Å². The summed E-state index contributed by atoms with van der Waals surface area (Å²) in [5.41, 5.74) is 0. The van der Waals surface area contributed by atoms with Gasteiger partial charge in [-0.1, -0.05) is 214 Å². The Balaban J connectivity index is 0.00000415. The maximum atomic E-state index is 8.44. The number of rotatable bonds is 45. The number of benzene rings is 3. The average Bonchev–Trinajstić information content (AvgIpc) is 3.36. The summed E-state index contributed by atoms with van der Waals surface area (Å²) in [5, 5.41) is 15.3. The van der Waals surface area contributed by atoms with E-state index < -0.39 is 17.1 Å². The summed E-state index contributed by atoms with van der Waals surface area (Å²) in [6.45, 7) is 17.5. The van der Waals surface area contributed by atoms with Crippen LogP contribution in [-0.4, -0.2) is 50.9 Å². The fourth-order valence-electron chi connectivity index (χ4n) is 8.34. The first-order valence-electron chi connectivity index (χ1n) is 28.7. The number of carboxylic acid groups (broad SMARTS) is 2. The molecular formula is C61H100O9S. The van der Waals surface area contributed by atoms with Crippen LogP contribution in [0.5, 0.6) is 34.5 Å². The maximum absolute atomic E-state index is 8.44. The molecule has 10 heteroatoms. The van der Waals surface area contributed by atoms with Crippen LogP contribution in [0.3, 0.4) is 0 Å². The molecule has 9 nitrogen and oxygen atoms in total. The Bertz CT molecular complexity index is 1540. The summed E-state index contributed by atoms with van der Waals surface area (Å²) in [7, 11) is -0.752. The van der Waals surface area contributed by atoms with Crippen molar-refractivity contribution < 1.29 is 43.4 Å². The van der Waals surface area contributed by atoms with Crippen LogP contribution in [0, 0.1) is 0 Å². The van der Waals surface area contributed by atoms with Gasteiger partial charge in [-0.25, -0.2) is 0 Å². The van der Waals surface area contributed by atoms with E-state index in [1.807, 2.05) is 0 Å². The van der Waals surface area contributed by atoms with Crippen molar-refractivity contribution in [3.8, 4) is 34.5 Å². The lowest BCUT2D eigenvalue weighted by molar-refractivity contribution is -0.275. The van der Waals surface area contributed by atoms with E-state index in [9.17, 15) is 0 Å². The number of hydrogen-bond donors (Lipinski definition) is 1. The molecule has 0 heterocycles. The second-order valence-corrected chi connectivity index (χ2v) is 20.9. The molecule has 1 N–H and O–H groups in total. The van der Waals surface area contributed by atoms with Crippen molar-refractivity contribution in [2.24, 2.45) is 0 Å². The number of ether oxygens (including phenoxy) is 6. The molecule has 404 valence electrons. The van der Waals surface area contributed by atoms with Gasteiger partial charge in [-0.2, -0.15) is 0 Å². The highest BCUT2D eigenvalue weighted by Gasteiger charge is 2.43. The molecule has 0 aliphatic rings. The smallest absolute Gasteiger partial charge is 0.250 e. The van der Waals surface area contributed by atoms with Gasteiger partial charge in [0.15, 0.2) is 27.9 Å². The van der Waals surface area contributed by atoms with E-state index in [-0.39, 0.29) is 0 Å². The Labute approximate surface area is 436 Å². The molecular weight excluding hydrogens is 909 g/mol. The molecule has 71 heavy (non-hydrogen) atoms. The number of unbranched alkanes of at least 4 members (excludes halogenated alkanes) is 24. The lowest BCUT2D eigenvalue weighted by Crippen LogP contribution is -2.17. The van der Waals surface area contributed by atoms with Crippen LogP contribution < -0.4 is 33.5 Å². The third kappa shape index (κ3) is 29.4. The Morgan fingerprint density at radius 2 is 0.606 bits per heavy atom. The first kappa shape index (κ1) is 63.2. The van der Waals surface area contributed by atoms with Crippen molar-refractivity contribution in [3.63, 3.8) is 0 Å². The van der Waals surface area contributed by atoms with Crippen LogP contribution in [0.25, 0.3) is 0 Å². The van der Waals surface area contributed by atoms with Gasteiger partial charge in [0.25, 0.3) is 9.79 Å². The first-order valence-corrected chi connectivity index (χ1v) is 29.9.